The summed E-state index contributed by atoms with van der Waals surface area (Å²) in [6, 6.07) is 2.82. The number of hydrogen-bond acceptors (Lipinski definition) is 3. The maximum absolute atomic E-state index is 6.28. The number of anilines is 1. The maximum Gasteiger partial charge on any atom is 0.129 e. The molecular weight excluding hydrogens is 282 g/mol. The van der Waals surface area contributed by atoms with Crippen LogP contribution in [-0.4, -0.2) is 24.1 Å². The lowest BCUT2D eigenvalue weighted by Gasteiger charge is -2.32. The van der Waals surface area contributed by atoms with Gasteiger partial charge < -0.3 is 10.2 Å². The van der Waals surface area contributed by atoms with E-state index in [1.165, 1.54) is 25.7 Å². The van der Waals surface area contributed by atoms with Gasteiger partial charge in [-0.2, -0.15) is 0 Å². The third kappa shape index (κ3) is 4.58. The molecule has 0 radical (unpaired) electrons. The fraction of sp³-hybridized carbons (Fsp3) is 0.706. The summed E-state index contributed by atoms with van der Waals surface area (Å²) < 4.78 is 0. The number of rotatable bonds is 7. The molecule has 0 unspecified atom stereocenters. The summed E-state index contributed by atoms with van der Waals surface area (Å²) in [6.45, 7) is 9.49. The summed E-state index contributed by atoms with van der Waals surface area (Å²) in [7, 11) is 0. The van der Waals surface area contributed by atoms with Crippen LogP contribution in [0.15, 0.2) is 12.3 Å². The normalized spacial score (nSPS) is 15.9. The van der Waals surface area contributed by atoms with Crippen LogP contribution in [-0.2, 0) is 6.54 Å². The Morgan fingerprint density at radius 3 is 2.71 bits per heavy atom. The van der Waals surface area contributed by atoms with Gasteiger partial charge in [0.2, 0.25) is 0 Å². The van der Waals surface area contributed by atoms with Gasteiger partial charge in [0.15, 0.2) is 0 Å². The Balaban J connectivity index is 2.21. The smallest absolute Gasteiger partial charge is 0.129 e. The van der Waals surface area contributed by atoms with Gasteiger partial charge in [-0.05, 0) is 36.9 Å². The Hall–Kier alpha value is -0.800. The summed E-state index contributed by atoms with van der Waals surface area (Å²) in [5.74, 6) is 1.73. The topological polar surface area (TPSA) is 28.2 Å². The summed E-state index contributed by atoms with van der Waals surface area (Å²) in [4.78, 5) is 7.11. The van der Waals surface area contributed by atoms with Gasteiger partial charge in [-0.25, -0.2) is 4.98 Å². The van der Waals surface area contributed by atoms with Crippen LogP contribution >= 0.6 is 11.6 Å². The highest BCUT2D eigenvalue weighted by atomic mass is 35.5. The van der Waals surface area contributed by atoms with Gasteiger partial charge in [-0.1, -0.05) is 45.2 Å². The Morgan fingerprint density at radius 1 is 1.38 bits per heavy atom. The van der Waals surface area contributed by atoms with E-state index in [0.29, 0.717) is 12.0 Å². The Bertz CT molecular complexity index is 442. The van der Waals surface area contributed by atoms with Crippen molar-refractivity contribution in [3.63, 3.8) is 0 Å². The van der Waals surface area contributed by atoms with Crippen molar-refractivity contribution in [2.24, 2.45) is 5.92 Å². The van der Waals surface area contributed by atoms with E-state index in [0.717, 1.165) is 36.0 Å². The van der Waals surface area contributed by atoms with Crippen LogP contribution < -0.4 is 10.2 Å². The van der Waals surface area contributed by atoms with Crippen LogP contribution in [0.1, 0.15) is 52.0 Å². The molecule has 0 aliphatic heterocycles. The van der Waals surface area contributed by atoms with Gasteiger partial charge >= 0.3 is 0 Å². The van der Waals surface area contributed by atoms with Crippen molar-refractivity contribution < 1.29 is 0 Å². The Labute approximate surface area is 134 Å². The van der Waals surface area contributed by atoms with Crippen LogP contribution in [0.2, 0.25) is 5.02 Å². The van der Waals surface area contributed by atoms with E-state index >= 15 is 0 Å². The van der Waals surface area contributed by atoms with Gasteiger partial charge in [-0.3, -0.25) is 0 Å². The predicted molar refractivity (Wildman–Crippen MR) is 91.1 cm³/mol. The second-order valence-corrected chi connectivity index (χ2v) is 6.81. The van der Waals surface area contributed by atoms with E-state index in [4.69, 9.17) is 11.6 Å². The summed E-state index contributed by atoms with van der Waals surface area (Å²) in [6.07, 6.45) is 7.08. The van der Waals surface area contributed by atoms with Crippen molar-refractivity contribution in [2.45, 2.75) is 59.0 Å². The molecule has 0 saturated heterocycles. The highest BCUT2D eigenvalue weighted by molar-refractivity contribution is 6.31. The summed E-state index contributed by atoms with van der Waals surface area (Å²) in [5, 5.41) is 4.11. The number of nitrogens with one attached hydrogen (secondary N) is 1. The molecule has 1 aromatic heterocycles. The maximum atomic E-state index is 6.28. The average Bonchev–Trinajstić information content (AvgIpc) is 2.98. The number of hydrogen-bond donors (Lipinski definition) is 1. The fourth-order valence-corrected chi connectivity index (χ4v) is 3.23. The molecule has 1 heterocycles. The molecule has 0 spiro atoms. The number of nitrogens with zero attached hydrogens (tertiary/aromatic N) is 2. The monoisotopic (exact) mass is 309 g/mol. The third-order valence-corrected chi connectivity index (χ3v) is 4.45. The third-order valence-electron chi connectivity index (χ3n) is 4.11. The van der Waals surface area contributed by atoms with E-state index in [1.807, 2.05) is 6.20 Å². The van der Waals surface area contributed by atoms with Gasteiger partial charge in [0.05, 0.1) is 5.02 Å². The highest BCUT2D eigenvalue weighted by Crippen LogP contribution is 2.29. The molecule has 4 heteroatoms. The minimum absolute atomic E-state index is 0.639. The fourth-order valence-electron chi connectivity index (χ4n) is 3.06. The lowest BCUT2D eigenvalue weighted by atomic mass is 10.1. The molecule has 1 saturated carbocycles. The number of halogens is 1. The van der Waals surface area contributed by atoms with E-state index in [1.54, 1.807) is 0 Å². The Morgan fingerprint density at radius 2 is 2.10 bits per heavy atom. The number of aromatic nitrogens is 1. The van der Waals surface area contributed by atoms with E-state index in [2.05, 4.69) is 42.0 Å². The molecule has 1 aliphatic rings. The zero-order chi connectivity index (χ0) is 15.2. The standard InChI is InChI=1S/C17H28ClN3/c1-4-19-10-14-9-17(20-11-16(14)18)21(12-13(2)3)15-7-5-6-8-15/h9,11,13,15,19H,4-8,10,12H2,1-3H3. The first-order valence-corrected chi connectivity index (χ1v) is 8.61. The average molecular weight is 310 g/mol. The van der Waals surface area contributed by atoms with E-state index in [-0.39, 0.29) is 0 Å². The highest BCUT2D eigenvalue weighted by Gasteiger charge is 2.24. The van der Waals surface area contributed by atoms with Gasteiger partial charge in [0, 0.05) is 25.3 Å². The second-order valence-electron chi connectivity index (χ2n) is 6.40. The molecule has 2 rings (SSSR count). The van der Waals surface area contributed by atoms with Crippen molar-refractivity contribution >= 4 is 17.4 Å². The molecule has 0 aromatic carbocycles. The van der Waals surface area contributed by atoms with Gasteiger partial charge in [0.1, 0.15) is 5.82 Å². The van der Waals surface area contributed by atoms with Crippen molar-refractivity contribution in [1.82, 2.24) is 10.3 Å². The molecule has 1 fully saturated rings. The molecule has 1 aliphatic carbocycles. The molecule has 0 bridgehead atoms. The molecule has 21 heavy (non-hydrogen) atoms. The molecule has 3 nitrogen and oxygen atoms in total. The lowest BCUT2D eigenvalue weighted by Crippen LogP contribution is -2.37. The Kier molecular flexibility index (Phi) is 6.31. The molecule has 1 N–H and O–H groups in total. The quantitative estimate of drug-likeness (QED) is 0.816. The SMILES string of the molecule is CCNCc1cc(N(CC(C)C)C2CCCC2)ncc1Cl. The molecular formula is C17H28ClN3. The second kappa shape index (κ2) is 8.00. The summed E-state index contributed by atoms with van der Waals surface area (Å²) in [5.41, 5.74) is 1.15. The molecule has 118 valence electrons. The van der Waals surface area contributed by atoms with Crippen LogP contribution in [0.3, 0.4) is 0 Å². The molecule has 1 aromatic rings. The minimum Gasteiger partial charge on any atom is -0.353 e. The predicted octanol–water partition coefficient (Wildman–Crippen LogP) is 4.25. The van der Waals surface area contributed by atoms with Crippen LogP contribution in [0.25, 0.3) is 0 Å². The number of pyridine rings is 1. The van der Waals surface area contributed by atoms with Crippen LogP contribution in [0.5, 0.6) is 0 Å². The van der Waals surface area contributed by atoms with E-state index in [9.17, 15) is 0 Å². The van der Waals surface area contributed by atoms with Crippen molar-refractivity contribution in [2.75, 3.05) is 18.0 Å². The largest absolute Gasteiger partial charge is 0.353 e. The first kappa shape index (κ1) is 16.6. The van der Waals surface area contributed by atoms with Crippen molar-refractivity contribution in [3.8, 4) is 0 Å². The van der Waals surface area contributed by atoms with Crippen molar-refractivity contribution in [3.05, 3.63) is 22.8 Å². The van der Waals surface area contributed by atoms with Crippen molar-refractivity contribution in [1.29, 1.82) is 0 Å². The van der Waals surface area contributed by atoms with Crippen LogP contribution in [0, 0.1) is 5.92 Å². The first-order valence-electron chi connectivity index (χ1n) is 8.23. The molecule has 0 amide bonds. The first-order chi connectivity index (χ1) is 10.1. The van der Waals surface area contributed by atoms with Gasteiger partial charge in [-0.15, -0.1) is 0 Å². The van der Waals surface area contributed by atoms with E-state index < -0.39 is 0 Å². The zero-order valence-corrected chi connectivity index (χ0v) is 14.3. The zero-order valence-electron chi connectivity index (χ0n) is 13.5. The lowest BCUT2D eigenvalue weighted by molar-refractivity contribution is 0.531. The summed E-state index contributed by atoms with van der Waals surface area (Å²) >= 11 is 6.28. The van der Waals surface area contributed by atoms with Gasteiger partial charge in [0.25, 0.3) is 0 Å². The molecule has 0 atom stereocenters. The van der Waals surface area contributed by atoms with Crippen LogP contribution in [0.4, 0.5) is 5.82 Å². The minimum atomic E-state index is 0.639.